The molecule has 11 heteroatoms. The highest BCUT2D eigenvalue weighted by Crippen LogP contribution is 2.39. The van der Waals surface area contributed by atoms with Crippen LogP contribution < -0.4 is 11.2 Å². The minimum absolute atomic E-state index is 0.0274. The molecule has 10 nitrogen and oxygen atoms in total. The molecule has 3 aromatic heterocycles. The Balaban J connectivity index is 1.71. The second-order valence-electron chi connectivity index (χ2n) is 6.37. The second kappa shape index (κ2) is 6.53. The van der Waals surface area contributed by atoms with E-state index in [0.29, 0.717) is 11.3 Å². The number of aromatic nitrogens is 5. The van der Waals surface area contributed by atoms with Crippen LogP contribution in [0.4, 0.5) is 0 Å². The summed E-state index contributed by atoms with van der Waals surface area (Å²) in [4.78, 5) is 25.9. The summed E-state index contributed by atoms with van der Waals surface area (Å²) in [5, 5.41) is 32.5. The zero-order valence-electron chi connectivity index (χ0n) is 14.3. The average Bonchev–Trinajstić information content (AvgIpc) is 3.37. The molecule has 0 unspecified atom stereocenters. The van der Waals surface area contributed by atoms with Crippen molar-refractivity contribution in [2.75, 3.05) is 6.61 Å². The molecule has 3 aromatic rings. The van der Waals surface area contributed by atoms with Crippen molar-refractivity contribution < 1.29 is 14.9 Å². The molecule has 1 aliphatic heterocycles. The van der Waals surface area contributed by atoms with Crippen LogP contribution in [0, 0.1) is 6.92 Å². The van der Waals surface area contributed by atoms with Crippen molar-refractivity contribution in [1.82, 2.24) is 24.5 Å². The van der Waals surface area contributed by atoms with Gasteiger partial charge >= 0.3 is 5.69 Å². The van der Waals surface area contributed by atoms with Crippen LogP contribution in [0.2, 0.25) is 0 Å². The van der Waals surface area contributed by atoms with Gasteiger partial charge in [0.25, 0.3) is 5.56 Å². The lowest BCUT2D eigenvalue weighted by Gasteiger charge is -2.29. The topological polar surface area (TPSA) is 135 Å². The zero-order valence-corrected chi connectivity index (χ0v) is 15.1. The number of rotatable bonds is 4. The van der Waals surface area contributed by atoms with Gasteiger partial charge in [0.05, 0.1) is 12.8 Å². The molecule has 0 saturated carbocycles. The van der Waals surface area contributed by atoms with Gasteiger partial charge in [0.1, 0.15) is 18.0 Å². The van der Waals surface area contributed by atoms with E-state index in [1.165, 1.54) is 26.8 Å². The number of aryl methyl sites for hydroxylation is 1. The monoisotopic (exact) mass is 391 g/mol. The lowest BCUT2D eigenvalue weighted by Crippen LogP contribution is -2.46. The minimum atomic E-state index is -1.59. The second-order valence-corrected chi connectivity index (χ2v) is 7.15. The Morgan fingerprint density at radius 3 is 2.96 bits per heavy atom. The van der Waals surface area contributed by atoms with Crippen molar-refractivity contribution in [2.45, 2.75) is 31.4 Å². The van der Waals surface area contributed by atoms with E-state index >= 15 is 0 Å². The molecule has 1 fully saturated rings. The SMILES string of the molecule is Cc1cn([C@H]2C[C@H](O)[C@](CO)(n3cc(-c4ccsc4)nn3)O2)c(=O)[nH]c1=O. The van der Waals surface area contributed by atoms with Gasteiger partial charge in [-0.3, -0.25) is 14.3 Å². The lowest BCUT2D eigenvalue weighted by molar-refractivity contribution is -0.187. The number of H-pyrrole nitrogens is 1. The maximum Gasteiger partial charge on any atom is 0.330 e. The third kappa shape index (κ3) is 2.84. The number of aliphatic hydroxyl groups excluding tert-OH is 2. The Kier molecular flexibility index (Phi) is 4.30. The zero-order chi connectivity index (χ0) is 19.2. The van der Waals surface area contributed by atoms with Crippen molar-refractivity contribution in [3.8, 4) is 11.3 Å². The molecule has 3 N–H and O–H groups in total. The number of hydrogen-bond acceptors (Lipinski definition) is 8. The number of ether oxygens (including phenoxy) is 1. The molecule has 1 aliphatic rings. The van der Waals surface area contributed by atoms with Crippen LogP contribution >= 0.6 is 11.3 Å². The van der Waals surface area contributed by atoms with E-state index in [2.05, 4.69) is 15.3 Å². The molecule has 4 rings (SSSR count). The van der Waals surface area contributed by atoms with Crippen LogP contribution in [0.15, 0.2) is 38.8 Å². The highest BCUT2D eigenvalue weighted by atomic mass is 32.1. The highest BCUT2D eigenvalue weighted by molar-refractivity contribution is 7.08. The van der Waals surface area contributed by atoms with Crippen LogP contribution in [-0.4, -0.2) is 47.5 Å². The number of aliphatic hydroxyl groups is 2. The molecular weight excluding hydrogens is 374 g/mol. The Morgan fingerprint density at radius 2 is 2.26 bits per heavy atom. The molecule has 1 saturated heterocycles. The van der Waals surface area contributed by atoms with Crippen molar-refractivity contribution in [1.29, 1.82) is 0 Å². The fourth-order valence-electron chi connectivity index (χ4n) is 3.12. The first-order valence-corrected chi connectivity index (χ1v) is 9.13. The fourth-order valence-corrected chi connectivity index (χ4v) is 3.77. The largest absolute Gasteiger partial charge is 0.391 e. The summed E-state index contributed by atoms with van der Waals surface area (Å²) in [6, 6.07) is 1.88. The van der Waals surface area contributed by atoms with Crippen LogP contribution in [0.25, 0.3) is 11.3 Å². The van der Waals surface area contributed by atoms with Crippen LogP contribution in [0.1, 0.15) is 18.2 Å². The lowest BCUT2D eigenvalue weighted by atomic mass is 10.1. The van der Waals surface area contributed by atoms with E-state index in [9.17, 15) is 19.8 Å². The maximum atomic E-state index is 12.1. The Bertz CT molecular complexity index is 1070. The third-order valence-corrected chi connectivity index (χ3v) is 5.35. The van der Waals surface area contributed by atoms with Gasteiger partial charge in [-0.05, 0) is 18.4 Å². The summed E-state index contributed by atoms with van der Waals surface area (Å²) in [6.45, 7) is 0.984. The Labute approximate surface area is 156 Å². The quantitative estimate of drug-likeness (QED) is 0.560. The van der Waals surface area contributed by atoms with Crippen LogP contribution in [0.5, 0.6) is 0 Å². The molecule has 0 aliphatic carbocycles. The molecule has 0 bridgehead atoms. The van der Waals surface area contributed by atoms with Gasteiger partial charge in [0, 0.05) is 29.1 Å². The summed E-state index contributed by atoms with van der Waals surface area (Å²) >= 11 is 1.51. The van der Waals surface area contributed by atoms with E-state index < -0.39 is 35.9 Å². The van der Waals surface area contributed by atoms with E-state index in [1.807, 2.05) is 16.8 Å². The van der Waals surface area contributed by atoms with Gasteiger partial charge in [-0.1, -0.05) is 5.21 Å². The molecular formula is C16H17N5O5S. The number of nitrogens with zero attached hydrogens (tertiary/aromatic N) is 4. The van der Waals surface area contributed by atoms with E-state index in [4.69, 9.17) is 4.74 Å². The average molecular weight is 391 g/mol. The predicted octanol–water partition coefficient (Wildman–Crippen LogP) is -0.210. The smallest absolute Gasteiger partial charge is 0.330 e. The van der Waals surface area contributed by atoms with Gasteiger partial charge in [-0.25, -0.2) is 9.48 Å². The first kappa shape index (κ1) is 17.8. The number of thiophene rings is 1. The predicted molar refractivity (Wildman–Crippen MR) is 95.2 cm³/mol. The molecule has 0 radical (unpaired) electrons. The Morgan fingerprint density at radius 1 is 1.44 bits per heavy atom. The standard InChI is InChI=1S/C16H17N5O5S/c1-9-5-20(15(25)17-14(9)24)13-4-12(23)16(8-22,26-13)21-6-11(18-19-21)10-2-3-27-7-10/h2-3,5-7,12-13,22-23H,4,8H2,1H3,(H,17,24,25)/t12-,13+,16+/m0/s1. The molecule has 0 spiro atoms. The van der Waals surface area contributed by atoms with E-state index in [-0.39, 0.29) is 6.42 Å². The first-order chi connectivity index (χ1) is 12.9. The maximum absolute atomic E-state index is 12.1. The summed E-state index contributed by atoms with van der Waals surface area (Å²) in [5.74, 6) is 0. The number of aromatic amines is 1. The minimum Gasteiger partial charge on any atom is -0.391 e. The molecule has 4 heterocycles. The van der Waals surface area contributed by atoms with Gasteiger partial charge in [0.2, 0.25) is 5.72 Å². The van der Waals surface area contributed by atoms with E-state index in [0.717, 1.165) is 5.56 Å². The summed E-state index contributed by atoms with van der Waals surface area (Å²) < 4.78 is 8.35. The Hall–Kier alpha value is -2.60. The van der Waals surface area contributed by atoms with E-state index in [1.54, 1.807) is 13.1 Å². The van der Waals surface area contributed by atoms with Crippen LogP contribution in [-0.2, 0) is 10.5 Å². The van der Waals surface area contributed by atoms with Crippen molar-refractivity contribution >= 4 is 11.3 Å². The third-order valence-electron chi connectivity index (χ3n) is 4.67. The molecule has 0 amide bonds. The summed E-state index contributed by atoms with van der Waals surface area (Å²) in [5.41, 5.74) is -0.977. The summed E-state index contributed by atoms with van der Waals surface area (Å²) in [6.07, 6.45) is 0.932. The van der Waals surface area contributed by atoms with Gasteiger partial charge in [0.15, 0.2) is 0 Å². The van der Waals surface area contributed by atoms with Gasteiger partial charge in [-0.2, -0.15) is 11.3 Å². The molecule has 0 aromatic carbocycles. The number of hydrogen-bond donors (Lipinski definition) is 3. The van der Waals surface area contributed by atoms with Crippen molar-refractivity contribution in [2.24, 2.45) is 0 Å². The molecule has 142 valence electrons. The number of nitrogens with one attached hydrogen (secondary N) is 1. The normalized spacial score (nSPS) is 25.1. The van der Waals surface area contributed by atoms with Crippen molar-refractivity contribution in [3.63, 3.8) is 0 Å². The first-order valence-electron chi connectivity index (χ1n) is 8.19. The van der Waals surface area contributed by atoms with Gasteiger partial charge in [-0.15, -0.1) is 5.10 Å². The van der Waals surface area contributed by atoms with Gasteiger partial charge < -0.3 is 14.9 Å². The van der Waals surface area contributed by atoms with Crippen molar-refractivity contribution in [3.05, 3.63) is 55.6 Å². The van der Waals surface area contributed by atoms with Crippen LogP contribution in [0.3, 0.4) is 0 Å². The summed E-state index contributed by atoms with van der Waals surface area (Å²) in [7, 11) is 0. The molecule has 3 atom stereocenters. The molecule has 27 heavy (non-hydrogen) atoms. The fraction of sp³-hybridized carbons (Fsp3) is 0.375. The highest BCUT2D eigenvalue weighted by Gasteiger charge is 2.51.